The Balaban J connectivity index is 1.80. The lowest BCUT2D eigenvalue weighted by Gasteiger charge is -2.34. The minimum Gasteiger partial charge on any atom is -0.393 e. The van der Waals surface area contributed by atoms with E-state index in [9.17, 15) is 9.90 Å². The Morgan fingerprint density at radius 3 is 2.75 bits per heavy atom. The van der Waals surface area contributed by atoms with Gasteiger partial charge in [-0.2, -0.15) is 0 Å². The number of hydrogen-bond acceptors (Lipinski definition) is 3. The van der Waals surface area contributed by atoms with Crippen LogP contribution >= 0.6 is 11.6 Å². The lowest BCUT2D eigenvalue weighted by molar-refractivity contribution is 0.0466. The second kappa shape index (κ2) is 7.32. The zero-order valence-electron chi connectivity index (χ0n) is 13.7. The van der Waals surface area contributed by atoms with Gasteiger partial charge >= 0.3 is 0 Å². The van der Waals surface area contributed by atoms with Crippen molar-refractivity contribution >= 4 is 17.5 Å². The average molecular weight is 345 g/mol. The molecule has 4 nitrogen and oxygen atoms in total. The summed E-state index contributed by atoms with van der Waals surface area (Å²) in [5.41, 5.74) is 2.44. The van der Waals surface area contributed by atoms with Crippen LogP contribution in [0.25, 0.3) is 11.1 Å². The standard InChI is InChI=1S/C19H21ClN2O2/c1-13(23)15-3-2-8-22(12-15)19(24)17-9-16(10-21-11-17)14-4-6-18(20)7-5-14/h4-7,9-11,13,15,23H,2-3,8,12H2,1H3. The van der Waals surface area contributed by atoms with E-state index in [0.29, 0.717) is 17.1 Å². The molecule has 2 unspecified atom stereocenters. The molecule has 2 heterocycles. The summed E-state index contributed by atoms with van der Waals surface area (Å²) in [7, 11) is 0. The molecule has 0 spiro atoms. The number of piperidine rings is 1. The van der Waals surface area contributed by atoms with Crippen molar-refractivity contribution in [2.75, 3.05) is 13.1 Å². The van der Waals surface area contributed by atoms with Crippen molar-refractivity contribution in [2.45, 2.75) is 25.9 Å². The van der Waals surface area contributed by atoms with Crippen LogP contribution in [0.3, 0.4) is 0 Å². The molecule has 0 saturated carbocycles. The van der Waals surface area contributed by atoms with Crippen LogP contribution in [-0.4, -0.2) is 40.1 Å². The van der Waals surface area contributed by atoms with Crippen LogP contribution in [0.1, 0.15) is 30.1 Å². The van der Waals surface area contributed by atoms with Crippen LogP contribution in [0, 0.1) is 5.92 Å². The first kappa shape index (κ1) is 16.9. The molecular formula is C19H21ClN2O2. The van der Waals surface area contributed by atoms with Crippen LogP contribution in [0.5, 0.6) is 0 Å². The molecule has 0 aliphatic carbocycles. The summed E-state index contributed by atoms with van der Waals surface area (Å²) in [5, 5.41) is 10.5. The number of carbonyl (C=O) groups is 1. The van der Waals surface area contributed by atoms with Crippen molar-refractivity contribution in [1.82, 2.24) is 9.88 Å². The van der Waals surface area contributed by atoms with Gasteiger partial charge in [-0.3, -0.25) is 9.78 Å². The van der Waals surface area contributed by atoms with E-state index < -0.39 is 0 Å². The number of benzene rings is 1. The second-order valence-corrected chi connectivity index (χ2v) is 6.80. The van der Waals surface area contributed by atoms with Crippen molar-refractivity contribution in [1.29, 1.82) is 0 Å². The molecule has 0 radical (unpaired) electrons. The van der Waals surface area contributed by atoms with Crippen molar-refractivity contribution in [2.24, 2.45) is 5.92 Å². The number of pyridine rings is 1. The molecule has 0 bridgehead atoms. The van der Waals surface area contributed by atoms with E-state index in [1.54, 1.807) is 19.3 Å². The third-order valence-corrected chi connectivity index (χ3v) is 4.84. The van der Waals surface area contributed by atoms with Gasteiger partial charge in [-0.15, -0.1) is 0 Å². The van der Waals surface area contributed by atoms with Gasteiger partial charge in [-0.25, -0.2) is 0 Å². The molecule has 1 saturated heterocycles. The SMILES string of the molecule is CC(O)C1CCCN(C(=O)c2cncc(-c3ccc(Cl)cc3)c2)C1. The van der Waals surface area contributed by atoms with E-state index in [1.165, 1.54) is 0 Å². The van der Waals surface area contributed by atoms with Crippen molar-refractivity contribution < 1.29 is 9.90 Å². The summed E-state index contributed by atoms with van der Waals surface area (Å²) < 4.78 is 0. The van der Waals surface area contributed by atoms with Crippen molar-refractivity contribution in [3.8, 4) is 11.1 Å². The predicted molar refractivity (Wildman–Crippen MR) is 95.0 cm³/mol. The van der Waals surface area contributed by atoms with E-state index in [4.69, 9.17) is 11.6 Å². The van der Waals surface area contributed by atoms with Gasteiger partial charge in [0, 0.05) is 42.0 Å². The molecule has 1 aliphatic rings. The fourth-order valence-corrected chi connectivity index (χ4v) is 3.25. The topological polar surface area (TPSA) is 53.4 Å². The number of likely N-dealkylation sites (tertiary alicyclic amines) is 1. The third kappa shape index (κ3) is 3.77. The van der Waals surface area contributed by atoms with Gasteiger partial charge in [0.1, 0.15) is 0 Å². The maximum absolute atomic E-state index is 12.8. The van der Waals surface area contributed by atoms with Crippen molar-refractivity contribution in [3.63, 3.8) is 0 Å². The maximum atomic E-state index is 12.8. The maximum Gasteiger partial charge on any atom is 0.255 e. The molecular weight excluding hydrogens is 324 g/mol. The minimum atomic E-state index is -0.390. The summed E-state index contributed by atoms with van der Waals surface area (Å²) in [5.74, 6) is 0.124. The molecule has 1 aliphatic heterocycles. The largest absolute Gasteiger partial charge is 0.393 e. The van der Waals surface area contributed by atoms with E-state index in [0.717, 1.165) is 30.5 Å². The first-order valence-electron chi connectivity index (χ1n) is 8.23. The van der Waals surface area contributed by atoms with Crippen LogP contribution in [0.15, 0.2) is 42.7 Å². The first-order chi connectivity index (χ1) is 11.5. The Morgan fingerprint density at radius 1 is 1.29 bits per heavy atom. The average Bonchev–Trinajstić information content (AvgIpc) is 2.62. The zero-order chi connectivity index (χ0) is 17.1. The monoisotopic (exact) mass is 344 g/mol. The second-order valence-electron chi connectivity index (χ2n) is 6.36. The number of amides is 1. The first-order valence-corrected chi connectivity index (χ1v) is 8.60. The minimum absolute atomic E-state index is 0.0244. The summed E-state index contributed by atoms with van der Waals surface area (Å²) in [6, 6.07) is 9.34. The lowest BCUT2D eigenvalue weighted by atomic mass is 9.93. The predicted octanol–water partition coefficient (Wildman–Crippen LogP) is 3.64. The molecule has 1 aromatic carbocycles. The highest BCUT2D eigenvalue weighted by Gasteiger charge is 2.27. The molecule has 1 N–H and O–H groups in total. The molecule has 5 heteroatoms. The number of aliphatic hydroxyl groups is 1. The Morgan fingerprint density at radius 2 is 2.04 bits per heavy atom. The van der Waals surface area contributed by atoms with Crippen LogP contribution in [0.4, 0.5) is 0 Å². The van der Waals surface area contributed by atoms with Gasteiger partial charge < -0.3 is 10.0 Å². The van der Waals surface area contributed by atoms with Gasteiger partial charge in [0.15, 0.2) is 0 Å². The Labute approximate surface area is 147 Å². The van der Waals surface area contributed by atoms with Gasteiger partial charge in [-0.05, 0) is 43.5 Å². The molecule has 3 rings (SSSR count). The Bertz CT molecular complexity index is 716. The van der Waals surface area contributed by atoms with Gasteiger partial charge in [-0.1, -0.05) is 23.7 Å². The highest BCUT2D eigenvalue weighted by Crippen LogP contribution is 2.24. The van der Waals surface area contributed by atoms with E-state index in [-0.39, 0.29) is 17.9 Å². The number of hydrogen-bond donors (Lipinski definition) is 1. The van der Waals surface area contributed by atoms with E-state index >= 15 is 0 Å². The van der Waals surface area contributed by atoms with Crippen molar-refractivity contribution in [3.05, 3.63) is 53.3 Å². The smallest absolute Gasteiger partial charge is 0.255 e. The summed E-state index contributed by atoms with van der Waals surface area (Å²) in [6.07, 6.45) is 4.85. The normalized spacial score (nSPS) is 19.1. The van der Waals surface area contributed by atoms with Crippen LogP contribution < -0.4 is 0 Å². The number of aromatic nitrogens is 1. The van der Waals surface area contributed by atoms with Gasteiger partial charge in [0.2, 0.25) is 0 Å². The molecule has 126 valence electrons. The molecule has 1 fully saturated rings. The van der Waals surface area contributed by atoms with E-state index in [1.807, 2.05) is 35.2 Å². The molecule has 2 atom stereocenters. The highest BCUT2D eigenvalue weighted by atomic mass is 35.5. The Kier molecular flexibility index (Phi) is 5.17. The number of carbonyl (C=O) groups excluding carboxylic acids is 1. The van der Waals surface area contributed by atoms with Crippen LogP contribution in [0.2, 0.25) is 5.02 Å². The quantitative estimate of drug-likeness (QED) is 0.925. The summed E-state index contributed by atoms with van der Waals surface area (Å²) >= 11 is 5.92. The fourth-order valence-electron chi connectivity index (χ4n) is 3.13. The lowest BCUT2D eigenvalue weighted by Crippen LogP contribution is -2.43. The Hall–Kier alpha value is -1.91. The van der Waals surface area contributed by atoms with Gasteiger partial charge in [0.05, 0.1) is 11.7 Å². The molecule has 24 heavy (non-hydrogen) atoms. The number of nitrogens with zero attached hydrogens (tertiary/aromatic N) is 2. The third-order valence-electron chi connectivity index (χ3n) is 4.59. The summed E-state index contributed by atoms with van der Waals surface area (Å²) in [6.45, 7) is 3.12. The fraction of sp³-hybridized carbons (Fsp3) is 0.368. The number of halogens is 1. The number of rotatable bonds is 3. The van der Waals surface area contributed by atoms with Gasteiger partial charge in [0.25, 0.3) is 5.91 Å². The number of aliphatic hydroxyl groups excluding tert-OH is 1. The summed E-state index contributed by atoms with van der Waals surface area (Å²) in [4.78, 5) is 18.8. The molecule has 2 aromatic rings. The molecule has 1 amide bonds. The van der Waals surface area contributed by atoms with Crippen LogP contribution in [-0.2, 0) is 0 Å². The molecule has 1 aromatic heterocycles. The zero-order valence-corrected chi connectivity index (χ0v) is 14.4. The van der Waals surface area contributed by atoms with E-state index in [2.05, 4.69) is 4.98 Å². The highest BCUT2D eigenvalue weighted by molar-refractivity contribution is 6.30.